The number of amidine groups is 1. The minimum absolute atomic E-state index is 0.153. The molecule has 0 saturated heterocycles. The number of para-hydroxylation sites is 1. The fourth-order valence-electron chi connectivity index (χ4n) is 2.28. The number of aliphatic imine (C=N–C) groups is 1. The van der Waals surface area contributed by atoms with Gasteiger partial charge in [-0.2, -0.15) is 0 Å². The molecule has 6 nitrogen and oxygen atoms in total. The average Bonchev–Trinajstić information content (AvgIpc) is 2.60. The van der Waals surface area contributed by atoms with Gasteiger partial charge in [0, 0.05) is 6.07 Å². The smallest absolute Gasteiger partial charge is 0.292 e. The van der Waals surface area contributed by atoms with Gasteiger partial charge >= 0.3 is 0 Å². The van der Waals surface area contributed by atoms with E-state index >= 15 is 0 Å². The van der Waals surface area contributed by atoms with Gasteiger partial charge in [0.05, 0.1) is 11.4 Å². The predicted molar refractivity (Wildman–Crippen MR) is 88.9 cm³/mol. The van der Waals surface area contributed by atoms with E-state index in [0.29, 0.717) is 11.8 Å². The maximum Gasteiger partial charge on any atom is 0.292 e. The van der Waals surface area contributed by atoms with Gasteiger partial charge < -0.3 is 5.32 Å². The lowest BCUT2D eigenvalue weighted by molar-refractivity contribution is -0.120. The van der Waals surface area contributed by atoms with Crippen LogP contribution >= 0.6 is 0 Å². The monoisotopic (exact) mass is 344 g/mol. The van der Waals surface area contributed by atoms with Crippen LogP contribution in [0.1, 0.15) is 6.92 Å². The molecule has 0 aliphatic carbocycles. The van der Waals surface area contributed by atoms with Crippen molar-refractivity contribution in [3.8, 4) is 0 Å². The highest BCUT2D eigenvalue weighted by Crippen LogP contribution is 2.18. The van der Waals surface area contributed by atoms with Gasteiger partial charge in [-0.1, -0.05) is 18.2 Å². The molecule has 0 aromatic heterocycles. The molecule has 0 fully saturated rings. The lowest BCUT2D eigenvalue weighted by Crippen LogP contribution is -2.57. The Morgan fingerprint density at radius 1 is 1.20 bits per heavy atom. The standard InChI is InChI=1S/C17H14F2N4O2/c1-10-17(25)23(12-5-3-2-4-6-12)22-15(20-10)16(24)21-14-8-7-11(18)9-13(14)19/h2-10H,1H3,(H,20,22)(H,21,24)/t10-/m1/s1. The molecule has 0 spiro atoms. The summed E-state index contributed by atoms with van der Waals surface area (Å²) in [5.41, 5.74) is 2.97. The first-order valence-corrected chi connectivity index (χ1v) is 7.45. The Morgan fingerprint density at radius 2 is 1.92 bits per heavy atom. The third-order valence-corrected chi connectivity index (χ3v) is 3.53. The number of nitrogens with zero attached hydrogens (tertiary/aromatic N) is 2. The summed E-state index contributed by atoms with van der Waals surface area (Å²) in [6, 6.07) is 10.7. The molecule has 2 N–H and O–H groups in total. The van der Waals surface area contributed by atoms with Gasteiger partial charge in [-0.25, -0.2) is 18.8 Å². The second kappa shape index (κ2) is 6.68. The quantitative estimate of drug-likeness (QED) is 0.897. The molecule has 2 aromatic carbocycles. The Morgan fingerprint density at radius 3 is 2.60 bits per heavy atom. The minimum Gasteiger partial charge on any atom is -0.317 e. The van der Waals surface area contributed by atoms with Gasteiger partial charge in [0.15, 0.2) is 0 Å². The van der Waals surface area contributed by atoms with Crippen molar-refractivity contribution in [1.82, 2.24) is 5.43 Å². The van der Waals surface area contributed by atoms with E-state index in [4.69, 9.17) is 0 Å². The van der Waals surface area contributed by atoms with Crippen LogP contribution in [0.5, 0.6) is 0 Å². The lowest BCUT2D eigenvalue weighted by Gasteiger charge is -2.30. The van der Waals surface area contributed by atoms with Crippen molar-refractivity contribution in [3.05, 3.63) is 60.2 Å². The first-order chi connectivity index (χ1) is 12.0. The number of carbonyl (C=O) groups excluding carboxylic acids is 2. The number of halogens is 2. The van der Waals surface area contributed by atoms with Crippen molar-refractivity contribution in [1.29, 1.82) is 0 Å². The number of amides is 2. The van der Waals surface area contributed by atoms with Crippen molar-refractivity contribution < 1.29 is 18.4 Å². The van der Waals surface area contributed by atoms with Crippen molar-refractivity contribution >= 4 is 29.0 Å². The third-order valence-electron chi connectivity index (χ3n) is 3.53. The molecule has 3 rings (SSSR count). The summed E-state index contributed by atoms with van der Waals surface area (Å²) >= 11 is 0. The fraction of sp³-hybridized carbons (Fsp3) is 0.118. The molecule has 0 bridgehead atoms. The molecule has 1 atom stereocenters. The number of nitrogens with one attached hydrogen (secondary N) is 2. The summed E-state index contributed by atoms with van der Waals surface area (Å²) in [4.78, 5) is 28.6. The van der Waals surface area contributed by atoms with Crippen molar-refractivity contribution in [2.45, 2.75) is 13.0 Å². The van der Waals surface area contributed by atoms with Crippen LogP contribution in [0.2, 0.25) is 0 Å². The van der Waals surface area contributed by atoms with Gasteiger partial charge in [0.1, 0.15) is 17.7 Å². The normalized spacial score (nSPS) is 16.9. The number of hydrogen-bond acceptors (Lipinski definition) is 4. The molecule has 0 unspecified atom stereocenters. The Kier molecular flexibility index (Phi) is 4.42. The summed E-state index contributed by atoms with van der Waals surface area (Å²) in [5, 5.41) is 3.50. The fourth-order valence-corrected chi connectivity index (χ4v) is 2.28. The molecule has 1 aliphatic heterocycles. The van der Waals surface area contributed by atoms with E-state index in [1.807, 2.05) is 0 Å². The molecule has 0 radical (unpaired) electrons. The Labute approximate surface area is 142 Å². The maximum atomic E-state index is 13.7. The second-order valence-electron chi connectivity index (χ2n) is 5.35. The van der Waals surface area contributed by atoms with Gasteiger partial charge in [-0.15, -0.1) is 0 Å². The Balaban J connectivity index is 1.82. The van der Waals surface area contributed by atoms with Crippen LogP contribution in [0.15, 0.2) is 53.5 Å². The topological polar surface area (TPSA) is 73.8 Å². The van der Waals surface area contributed by atoms with Crippen molar-refractivity contribution in [2.24, 2.45) is 4.99 Å². The molecule has 1 aliphatic rings. The molecule has 128 valence electrons. The number of benzene rings is 2. The third kappa shape index (κ3) is 3.47. The summed E-state index contributed by atoms with van der Waals surface area (Å²) in [5.74, 6) is -2.90. The van der Waals surface area contributed by atoms with E-state index in [9.17, 15) is 18.4 Å². The Hall–Kier alpha value is -3.29. The zero-order valence-electron chi connectivity index (χ0n) is 13.2. The molecule has 2 aromatic rings. The minimum atomic E-state index is -0.909. The van der Waals surface area contributed by atoms with Crippen molar-refractivity contribution in [2.75, 3.05) is 10.3 Å². The first-order valence-electron chi connectivity index (χ1n) is 7.45. The number of rotatable bonds is 3. The van der Waals surface area contributed by atoms with Crippen LogP contribution < -0.4 is 15.8 Å². The molecule has 25 heavy (non-hydrogen) atoms. The van der Waals surface area contributed by atoms with E-state index in [-0.39, 0.29) is 17.4 Å². The predicted octanol–water partition coefficient (Wildman–Crippen LogP) is 2.24. The molecule has 2 amide bonds. The number of hydrogen-bond donors (Lipinski definition) is 2. The highest BCUT2D eigenvalue weighted by atomic mass is 19.1. The highest BCUT2D eigenvalue weighted by Gasteiger charge is 2.30. The van der Waals surface area contributed by atoms with E-state index in [0.717, 1.165) is 12.1 Å². The first kappa shape index (κ1) is 16.6. The molecule has 0 saturated carbocycles. The maximum absolute atomic E-state index is 13.7. The molecule has 8 heteroatoms. The largest absolute Gasteiger partial charge is 0.317 e. The Bertz CT molecular complexity index is 855. The van der Waals surface area contributed by atoms with Gasteiger partial charge in [-0.05, 0) is 31.2 Å². The molecule has 1 heterocycles. The SMILES string of the molecule is C[C@H]1N=C(C(=O)Nc2ccc(F)cc2F)NN(c2ccccc2)C1=O. The zero-order valence-corrected chi connectivity index (χ0v) is 13.2. The van der Waals surface area contributed by atoms with Gasteiger partial charge in [0.2, 0.25) is 5.84 Å². The summed E-state index contributed by atoms with van der Waals surface area (Å²) in [6.45, 7) is 1.55. The van der Waals surface area contributed by atoms with Crippen LogP contribution in [0.4, 0.5) is 20.2 Å². The number of hydrazine groups is 1. The molecular weight excluding hydrogens is 330 g/mol. The second-order valence-corrected chi connectivity index (χ2v) is 5.35. The van der Waals surface area contributed by atoms with Crippen LogP contribution in [0.25, 0.3) is 0 Å². The van der Waals surface area contributed by atoms with E-state index in [1.54, 1.807) is 37.3 Å². The zero-order chi connectivity index (χ0) is 18.0. The van der Waals surface area contributed by atoms with E-state index < -0.39 is 23.6 Å². The number of anilines is 2. The highest BCUT2D eigenvalue weighted by molar-refractivity contribution is 6.43. The lowest BCUT2D eigenvalue weighted by atomic mass is 10.2. The van der Waals surface area contributed by atoms with Crippen molar-refractivity contribution in [3.63, 3.8) is 0 Å². The summed E-state index contributed by atoms with van der Waals surface area (Å²) < 4.78 is 26.6. The van der Waals surface area contributed by atoms with E-state index in [2.05, 4.69) is 15.7 Å². The van der Waals surface area contributed by atoms with Crippen LogP contribution in [-0.4, -0.2) is 23.7 Å². The van der Waals surface area contributed by atoms with Gasteiger partial charge in [-0.3, -0.25) is 15.0 Å². The summed E-state index contributed by atoms with van der Waals surface area (Å²) in [6.07, 6.45) is 0. The molecular formula is C17H14F2N4O2. The van der Waals surface area contributed by atoms with E-state index in [1.165, 1.54) is 5.01 Å². The van der Waals surface area contributed by atoms with Gasteiger partial charge in [0.25, 0.3) is 11.8 Å². The summed E-state index contributed by atoms with van der Waals surface area (Å²) in [7, 11) is 0. The van der Waals surface area contributed by atoms with Crippen LogP contribution in [0, 0.1) is 11.6 Å². The average molecular weight is 344 g/mol. The number of carbonyl (C=O) groups is 2. The van der Waals surface area contributed by atoms with Crippen LogP contribution in [-0.2, 0) is 9.59 Å². The van der Waals surface area contributed by atoms with Crippen LogP contribution in [0.3, 0.4) is 0 Å².